The minimum Gasteiger partial charge on any atom is -0.394 e. The Morgan fingerprint density at radius 2 is 1.94 bits per heavy atom. The molecule has 31 heavy (non-hydrogen) atoms. The van der Waals surface area contributed by atoms with Gasteiger partial charge in [0.15, 0.2) is 0 Å². The van der Waals surface area contributed by atoms with Crippen molar-refractivity contribution in [3.63, 3.8) is 0 Å². The molecule has 0 radical (unpaired) electrons. The van der Waals surface area contributed by atoms with Gasteiger partial charge in [-0.1, -0.05) is 13.3 Å². The molecule has 2 N–H and O–H groups in total. The molecule has 0 aromatic carbocycles. The maximum absolute atomic E-state index is 9.68. The summed E-state index contributed by atoms with van der Waals surface area (Å²) in [6, 6.07) is 2.39. The summed E-state index contributed by atoms with van der Waals surface area (Å²) in [5, 5.41) is 32.1. The standard InChI is InChI=1S/C22H27N7O2/c1-2-20(15-4-3-5-15)28-11-17(9-25-28)22-21-6-7-23-29(21)13-19(26-22)16-8-24-27(10-16)12-18(31)14-30/h6-11,13,15,18,20,30-31H,2-5,12,14H2,1H3. The summed E-state index contributed by atoms with van der Waals surface area (Å²) in [5.74, 6) is 0.715. The molecule has 4 aromatic heterocycles. The monoisotopic (exact) mass is 421 g/mol. The number of aliphatic hydroxyl groups is 2. The first kappa shape index (κ1) is 19.9. The lowest BCUT2D eigenvalue weighted by molar-refractivity contribution is 0.0783. The quantitative estimate of drug-likeness (QED) is 0.453. The third-order valence-electron chi connectivity index (χ3n) is 6.25. The van der Waals surface area contributed by atoms with Gasteiger partial charge in [-0.2, -0.15) is 15.3 Å². The van der Waals surface area contributed by atoms with Crippen LogP contribution in [0, 0.1) is 5.92 Å². The Morgan fingerprint density at radius 1 is 1.10 bits per heavy atom. The van der Waals surface area contributed by atoms with Gasteiger partial charge in [-0.3, -0.25) is 9.36 Å². The summed E-state index contributed by atoms with van der Waals surface area (Å²) in [5.41, 5.74) is 4.26. The molecule has 0 amide bonds. The second kappa shape index (κ2) is 8.24. The minimum absolute atomic E-state index is 0.222. The normalized spacial score (nSPS) is 16.5. The van der Waals surface area contributed by atoms with Crippen LogP contribution in [-0.4, -0.2) is 57.1 Å². The summed E-state index contributed by atoms with van der Waals surface area (Å²) in [7, 11) is 0. The van der Waals surface area contributed by atoms with Gasteiger partial charge in [0.05, 0.1) is 67.0 Å². The highest BCUT2D eigenvalue weighted by Crippen LogP contribution is 2.38. The lowest BCUT2D eigenvalue weighted by atomic mass is 9.79. The number of rotatable bonds is 8. The van der Waals surface area contributed by atoms with E-state index in [4.69, 9.17) is 10.1 Å². The highest BCUT2D eigenvalue weighted by molar-refractivity contribution is 5.78. The van der Waals surface area contributed by atoms with Crippen molar-refractivity contribution < 1.29 is 10.2 Å². The Bertz CT molecular complexity index is 1170. The second-order valence-electron chi connectivity index (χ2n) is 8.30. The van der Waals surface area contributed by atoms with Crippen LogP contribution in [0.5, 0.6) is 0 Å². The van der Waals surface area contributed by atoms with E-state index in [2.05, 4.69) is 33.1 Å². The van der Waals surface area contributed by atoms with E-state index in [1.54, 1.807) is 17.1 Å². The largest absolute Gasteiger partial charge is 0.394 e. The number of hydrogen-bond donors (Lipinski definition) is 2. The van der Waals surface area contributed by atoms with Crippen molar-refractivity contribution in [3.05, 3.63) is 43.2 Å². The molecule has 2 unspecified atom stereocenters. The van der Waals surface area contributed by atoms with Crippen molar-refractivity contribution in [1.82, 2.24) is 34.2 Å². The summed E-state index contributed by atoms with van der Waals surface area (Å²) >= 11 is 0. The van der Waals surface area contributed by atoms with E-state index in [0.29, 0.717) is 12.0 Å². The molecular weight excluding hydrogens is 394 g/mol. The van der Waals surface area contributed by atoms with Gasteiger partial charge in [0.25, 0.3) is 0 Å². The molecule has 4 aromatic rings. The van der Waals surface area contributed by atoms with Gasteiger partial charge in [0.1, 0.15) is 0 Å². The van der Waals surface area contributed by atoms with E-state index in [1.165, 1.54) is 19.3 Å². The van der Waals surface area contributed by atoms with Crippen molar-refractivity contribution >= 4 is 5.52 Å². The summed E-state index contributed by atoms with van der Waals surface area (Å²) in [4.78, 5) is 4.92. The smallest absolute Gasteiger partial charge is 0.0999 e. The molecule has 9 heteroatoms. The molecule has 4 heterocycles. The van der Waals surface area contributed by atoms with Gasteiger partial charge >= 0.3 is 0 Å². The van der Waals surface area contributed by atoms with Crippen molar-refractivity contribution in [3.8, 4) is 22.5 Å². The van der Waals surface area contributed by atoms with Crippen molar-refractivity contribution in [1.29, 1.82) is 0 Å². The van der Waals surface area contributed by atoms with Crippen molar-refractivity contribution in [2.45, 2.75) is 51.3 Å². The van der Waals surface area contributed by atoms with Crippen LogP contribution >= 0.6 is 0 Å². The average Bonchev–Trinajstić information content (AvgIpc) is 3.49. The van der Waals surface area contributed by atoms with E-state index in [-0.39, 0.29) is 13.2 Å². The van der Waals surface area contributed by atoms with Gasteiger partial charge in [0, 0.05) is 23.5 Å². The first-order valence-electron chi connectivity index (χ1n) is 10.9. The van der Waals surface area contributed by atoms with E-state index in [1.807, 2.05) is 29.2 Å². The first-order chi connectivity index (χ1) is 15.2. The fourth-order valence-electron chi connectivity index (χ4n) is 4.35. The van der Waals surface area contributed by atoms with Crippen LogP contribution in [0.25, 0.3) is 28.0 Å². The molecule has 1 fully saturated rings. The molecule has 2 atom stereocenters. The predicted octanol–water partition coefficient (Wildman–Crippen LogP) is 2.56. The summed E-state index contributed by atoms with van der Waals surface area (Å²) < 4.78 is 5.53. The molecule has 0 saturated heterocycles. The van der Waals surface area contributed by atoms with E-state index in [9.17, 15) is 5.11 Å². The molecule has 0 aliphatic heterocycles. The third-order valence-corrected chi connectivity index (χ3v) is 6.25. The van der Waals surface area contributed by atoms with Gasteiger partial charge in [0.2, 0.25) is 0 Å². The molecule has 1 aliphatic rings. The van der Waals surface area contributed by atoms with Crippen LogP contribution in [0.2, 0.25) is 0 Å². The lowest BCUT2D eigenvalue weighted by Crippen LogP contribution is -2.25. The number of aliphatic hydroxyl groups excluding tert-OH is 2. The Labute approximate surface area is 180 Å². The summed E-state index contributed by atoms with van der Waals surface area (Å²) in [6.45, 7) is 2.14. The molecule has 0 spiro atoms. The van der Waals surface area contributed by atoms with Crippen LogP contribution in [0.3, 0.4) is 0 Å². The number of hydrogen-bond acceptors (Lipinski definition) is 6. The van der Waals surface area contributed by atoms with Crippen LogP contribution in [0.15, 0.2) is 43.2 Å². The lowest BCUT2D eigenvalue weighted by Gasteiger charge is -2.33. The highest BCUT2D eigenvalue weighted by Gasteiger charge is 2.28. The van der Waals surface area contributed by atoms with Gasteiger partial charge in [-0.05, 0) is 31.2 Å². The van der Waals surface area contributed by atoms with Gasteiger partial charge in [-0.15, -0.1) is 0 Å². The zero-order chi connectivity index (χ0) is 21.4. The van der Waals surface area contributed by atoms with Gasteiger partial charge in [-0.25, -0.2) is 9.50 Å². The van der Waals surface area contributed by atoms with E-state index < -0.39 is 6.10 Å². The Balaban J connectivity index is 1.51. The molecule has 9 nitrogen and oxygen atoms in total. The van der Waals surface area contributed by atoms with Crippen LogP contribution in [0.1, 0.15) is 38.6 Å². The minimum atomic E-state index is -0.849. The number of nitrogens with zero attached hydrogens (tertiary/aromatic N) is 7. The maximum atomic E-state index is 9.68. The first-order valence-corrected chi connectivity index (χ1v) is 10.9. The van der Waals surface area contributed by atoms with Crippen LogP contribution < -0.4 is 0 Å². The Hall–Kier alpha value is -3.04. The van der Waals surface area contributed by atoms with E-state index >= 15 is 0 Å². The molecule has 0 bridgehead atoms. The molecule has 1 saturated carbocycles. The molecular formula is C22H27N7O2. The maximum Gasteiger partial charge on any atom is 0.0999 e. The molecule has 162 valence electrons. The summed E-state index contributed by atoms with van der Waals surface area (Å²) in [6.07, 6.45) is 15.2. The fourth-order valence-corrected chi connectivity index (χ4v) is 4.35. The third kappa shape index (κ3) is 3.75. The fraction of sp³-hybridized carbons (Fsp3) is 0.455. The zero-order valence-corrected chi connectivity index (χ0v) is 17.5. The molecule has 1 aliphatic carbocycles. The Kier molecular flexibility index (Phi) is 5.29. The van der Waals surface area contributed by atoms with Crippen LogP contribution in [0.4, 0.5) is 0 Å². The Morgan fingerprint density at radius 3 is 2.68 bits per heavy atom. The second-order valence-corrected chi connectivity index (χ2v) is 8.30. The van der Waals surface area contributed by atoms with E-state index in [0.717, 1.165) is 34.5 Å². The zero-order valence-electron chi connectivity index (χ0n) is 17.5. The predicted molar refractivity (Wildman–Crippen MR) is 115 cm³/mol. The highest BCUT2D eigenvalue weighted by atomic mass is 16.3. The van der Waals surface area contributed by atoms with Crippen molar-refractivity contribution in [2.24, 2.45) is 5.92 Å². The van der Waals surface area contributed by atoms with Crippen molar-refractivity contribution in [2.75, 3.05) is 6.61 Å². The SMILES string of the molecule is CCC(C1CCC1)n1cc(-c2nc(-c3cnn(CC(O)CO)c3)cn3nccc23)cn1. The topological polar surface area (TPSA) is 106 Å². The number of aromatic nitrogens is 7. The molecule has 5 rings (SSSR count). The number of fused-ring (bicyclic) bond motifs is 1. The van der Waals surface area contributed by atoms with Gasteiger partial charge < -0.3 is 10.2 Å². The average molecular weight is 422 g/mol. The van der Waals surface area contributed by atoms with Crippen LogP contribution in [-0.2, 0) is 6.54 Å².